The molecule has 0 radical (unpaired) electrons. The highest BCUT2D eigenvalue weighted by molar-refractivity contribution is 5.77. The lowest BCUT2D eigenvalue weighted by molar-refractivity contribution is -0.123. The summed E-state index contributed by atoms with van der Waals surface area (Å²) in [5.74, 6) is 0.139. The van der Waals surface area contributed by atoms with Crippen molar-refractivity contribution in [3.05, 3.63) is 11.9 Å². The zero-order valence-corrected chi connectivity index (χ0v) is 12.3. The molecule has 108 valence electrons. The van der Waals surface area contributed by atoms with Gasteiger partial charge in [0.05, 0.1) is 5.69 Å². The minimum Gasteiger partial charge on any atom is -0.356 e. The van der Waals surface area contributed by atoms with Gasteiger partial charge in [-0.25, -0.2) is 0 Å². The molecule has 0 aliphatic heterocycles. The van der Waals surface area contributed by atoms with Crippen molar-refractivity contribution in [2.75, 3.05) is 6.54 Å². The van der Waals surface area contributed by atoms with E-state index in [9.17, 15) is 4.79 Å². The fourth-order valence-electron chi connectivity index (χ4n) is 1.49. The highest BCUT2D eigenvalue weighted by Crippen LogP contribution is 1.96. The molecule has 1 rings (SSSR count). The molecule has 0 atom stereocenters. The number of carbonyl (C=O) groups excluding carboxylic acids is 1. The zero-order chi connectivity index (χ0) is 14.3. The Labute approximate surface area is 115 Å². The zero-order valence-electron chi connectivity index (χ0n) is 12.3. The lowest BCUT2D eigenvalue weighted by Gasteiger charge is -2.07. The van der Waals surface area contributed by atoms with E-state index in [1.54, 1.807) is 0 Å². The van der Waals surface area contributed by atoms with E-state index in [1.165, 1.54) is 0 Å². The second-order valence-corrected chi connectivity index (χ2v) is 5.31. The number of hydrogen-bond donors (Lipinski definition) is 2. The van der Waals surface area contributed by atoms with E-state index in [0.717, 1.165) is 25.2 Å². The van der Waals surface area contributed by atoms with Crippen LogP contribution in [0.3, 0.4) is 0 Å². The van der Waals surface area contributed by atoms with Crippen LogP contribution in [0, 0.1) is 5.92 Å². The van der Waals surface area contributed by atoms with Gasteiger partial charge < -0.3 is 10.6 Å². The van der Waals surface area contributed by atoms with Crippen molar-refractivity contribution in [2.24, 2.45) is 5.92 Å². The Hall–Kier alpha value is -1.43. The highest BCUT2D eigenvalue weighted by Gasteiger charge is 2.05. The largest absolute Gasteiger partial charge is 0.356 e. The summed E-state index contributed by atoms with van der Waals surface area (Å²) < 4.78 is 1.82. The van der Waals surface area contributed by atoms with Crippen molar-refractivity contribution in [3.8, 4) is 0 Å². The lowest BCUT2D eigenvalue weighted by atomic mass is 10.2. The average molecular weight is 267 g/mol. The maximum absolute atomic E-state index is 11.4. The molecule has 0 aliphatic rings. The van der Waals surface area contributed by atoms with E-state index < -0.39 is 0 Å². The maximum atomic E-state index is 11.4. The SMILES string of the molecule is CC(C)NCc1cn(CCCNC(=O)C(C)C)nn1. The van der Waals surface area contributed by atoms with Crippen LogP contribution in [0.2, 0.25) is 0 Å². The Morgan fingerprint density at radius 3 is 2.74 bits per heavy atom. The minimum absolute atomic E-state index is 0.0417. The van der Waals surface area contributed by atoms with E-state index in [1.807, 2.05) is 24.7 Å². The Morgan fingerprint density at radius 2 is 2.11 bits per heavy atom. The molecule has 1 aromatic heterocycles. The van der Waals surface area contributed by atoms with Crippen LogP contribution < -0.4 is 10.6 Å². The molecule has 1 heterocycles. The molecule has 1 aromatic rings. The third-order valence-electron chi connectivity index (χ3n) is 2.67. The molecule has 0 bridgehead atoms. The summed E-state index contributed by atoms with van der Waals surface area (Å²) in [5, 5.41) is 14.3. The maximum Gasteiger partial charge on any atom is 0.222 e. The second-order valence-electron chi connectivity index (χ2n) is 5.31. The van der Waals surface area contributed by atoms with Crippen molar-refractivity contribution < 1.29 is 4.79 Å². The Bertz CT molecular complexity index is 386. The molecule has 0 aromatic carbocycles. The smallest absolute Gasteiger partial charge is 0.222 e. The number of hydrogen-bond acceptors (Lipinski definition) is 4. The number of amides is 1. The first-order valence-electron chi connectivity index (χ1n) is 6.89. The van der Waals surface area contributed by atoms with Crippen LogP contribution in [0.4, 0.5) is 0 Å². The van der Waals surface area contributed by atoms with Gasteiger partial charge in [-0.3, -0.25) is 9.48 Å². The van der Waals surface area contributed by atoms with E-state index in [0.29, 0.717) is 12.6 Å². The second kappa shape index (κ2) is 7.89. The van der Waals surface area contributed by atoms with Gasteiger partial charge in [0.2, 0.25) is 5.91 Å². The number of aryl methyl sites for hydroxylation is 1. The molecule has 19 heavy (non-hydrogen) atoms. The predicted octanol–water partition coefficient (Wildman–Crippen LogP) is 0.938. The molecular weight excluding hydrogens is 242 g/mol. The van der Waals surface area contributed by atoms with E-state index in [4.69, 9.17) is 0 Å². The van der Waals surface area contributed by atoms with Gasteiger partial charge in [0, 0.05) is 37.8 Å². The van der Waals surface area contributed by atoms with Crippen molar-refractivity contribution in [1.82, 2.24) is 25.6 Å². The third kappa shape index (κ3) is 6.33. The van der Waals surface area contributed by atoms with Crippen LogP contribution in [0.25, 0.3) is 0 Å². The fourth-order valence-corrected chi connectivity index (χ4v) is 1.49. The fraction of sp³-hybridized carbons (Fsp3) is 0.769. The van der Waals surface area contributed by atoms with Crippen molar-refractivity contribution >= 4 is 5.91 Å². The lowest BCUT2D eigenvalue weighted by Crippen LogP contribution is -2.29. The van der Waals surface area contributed by atoms with E-state index in [-0.39, 0.29) is 11.8 Å². The summed E-state index contributed by atoms with van der Waals surface area (Å²) in [6.45, 7) is 10.2. The molecule has 0 aliphatic carbocycles. The van der Waals surface area contributed by atoms with Crippen molar-refractivity contribution in [3.63, 3.8) is 0 Å². The molecule has 0 fully saturated rings. The number of carbonyl (C=O) groups is 1. The minimum atomic E-state index is 0.0417. The average Bonchev–Trinajstić information content (AvgIpc) is 2.79. The monoisotopic (exact) mass is 267 g/mol. The van der Waals surface area contributed by atoms with E-state index in [2.05, 4.69) is 34.8 Å². The summed E-state index contributed by atoms with van der Waals surface area (Å²) in [4.78, 5) is 11.4. The molecular formula is C13H25N5O. The standard InChI is InChI=1S/C13H25N5O/c1-10(2)13(19)14-6-5-7-18-9-12(16-17-18)8-15-11(3)4/h9-11,15H,5-8H2,1-4H3,(H,14,19). The van der Waals surface area contributed by atoms with Gasteiger partial charge in [0.15, 0.2) is 0 Å². The molecule has 0 saturated heterocycles. The summed E-state index contributed by atoms with van der Waals surface area (Å²) in [5.41, 5.74) is 0.944. The third-order valence-corrected chi connectivity index (χ3v) is 2.67. The normalized spacial score (nSPS) is 11.3. The van der Waals surface area contributed by atoms with Crippen LogP contribution in [-0.2, 0) is 17.9 Å². The van der Waals surface area contributed by atoms with Gasteiger partial charge in [0.1, 0.15) is 0 Å². The summed E-state index contributed by atoms with van der Waals surface area (Å²) in [6.07, 6.45) is 2.80. The summed E-state index contributed by atoms with van der Waals surface area (Å²) in [6, 6.07) is 0.441. The van der Waals surface area contributed by atoms with Gasteiger partial charge in [-0.2, -0.15) is 0 Å². The quantitative estimate of drug-likeness (QED) is 0.688. The first-order chi connectivity index (χ1) is 8.99. The summed E-state index contributed by atoms with van der Waals surface area (Å²) in [7, 11) is 0. The molecule has 0 spiro atoms. The topological polar surface area (TPSA) is 71.8 Å². The first-order valence-corrected chi connectivity index (χ1v) is 6.89. The van der Waals surface area contributed by atoms with Crippen LogP contribution >= 0.6 is 0 Å². The molecule has 6 nitrogen and oxygen atoms in total. The molecule has 6 heteroatoms. The molecule has 0 saturated carbocycles. The van der Waals surface area contributed by atoms with Gasteiger partial charge in [0.25, 0.3) is 0 Å². The van der Waals surface area contributed by atoms with Gasteiger partial charge >= 0.3 is 0 Å². The van der Waals surface area contributed by atoms with Gasteiger partial charge in [-0.05, 0) is 6.42 Å². The molecule has 1 amide bonds. The number of nitrogens with one attached hydrogen (secondary N) is 2. The van der Waals surface area contributed by atoms with Gasteiger partial charge in [-0.1, -0.05) is 32.9 Å². The van der Waals surface area contributed by atoms with Crippen LogP contribution in [0.1, 0.15) is 39.8 Å². The molecule has 0 unspecified atom stereocenters. The Morgan fingerprint density at radius 1 is 1.37 bits per heavy atom. The number of nitrogens with zero attached hydrogens (tertiary/aromatic N) is 3. The predicted molar refractivity (Wildman–Crippen MR) is 74.5 cm³/mol. The Kier molecular flexibility index (Phi) is 6.49. The van der Waals surface area contributed by atoms with Crippen molar-refractivity contribution in [2.45, 2.75) is 53.2 Å². The van der Waals surface area contributed by atoms with Crippen molar-refractivity contribution in [1.29, 1.82) is 0 Å². The Balaban J connectivity index is 2.21. The number of aromatic nitrogens is 3. The first kappa shape index (κ1) is 15.6. The van der Waals surface area contributed by atoms with Crippen LogP contribution in [0.5, 0.6) is 0 Å². The number of rotatable bonds is 8. The van der Waals surface area contributed by atoms with Crippen LogP contribution in [0.15, 0.2) is 6.20 Å². The molecule has 2 N–H and O–H groups in total. The highest BCUT2D eigenvalue weighted by atomic mass is 16.1. The van der Waals surface area contributed by atoms with Gasteiger partial charge in [-0.15, -0.1) is 5.10 Å². The summed E-state index contributed by atoms with van der Waals surface area (Å²) >= 11 is 0. The van der Waals surface area contributed by atoms with E-state index >= 15 is 0 Å². The van der Waals surface area contributed by atoms with Crippen LogP contribution in [-0.4, -0.2) is 33.5 Å².